The molecule has 0 aliphatic heterocycles. The lowest BCUT2D eigenvalue weighted by Crippen LogP contribution is -2.09. The Morgan fingerprint density at radius 3 is 2.57 bits per heavy atom. The van der Waals surface area contributed by atoms with Crippen molar-refractivity contribution < 1.29 is 4.39 Å². The molecule has 0 saturated carbocycles. The van der Waals surface area contributed by atoms with Crippen LogP contribution in [0.5, 0.6) is 0 Å². The van der Waals surface area contributed by atoms with Gasteiger partial charge in [-0.3, -0.25) is 0 Å². The summed E-state index contributed by atoms with van der Waals surface area (Å²) in [5.41, 5.74) is 2.34. The summed E-state index contributed by atoms with van der Waals surface area (Å²) >= 11 is 6.03. The Labute approximate surface area is 131 Å². The van der Waals surface area contributed by atoms with E-state index >= 15 is 0 Å². The number of halogens is 2. The highest BCUT2D eigenvalue weighted by Crippen LogP contribution is 2.27. The molecule has 0 aliphatic rings. The van der Waals surface area contributed by atoms with Gasteiger partial charge in [-0.25, -0.2) is 9.37 Å². The largest absolute Gasteiger partial charge is 0.324 e. The van der Waals surface area contributed by atoms with Crippen molar-refractivity contribution in [3.63, 3.8) is 0 Å². The lowest BCUT2D eigenvalue weighted by molar-refractivity contribution is 0.447. The second-order valence-corrected chi connectivity index (χ2v) is 6.56. The average Bonchev–Trinajstić information content (AvgIpc) is 2.76. The van der Waals surface area contributed by atoms with E-state index in [1.54, 1.807) is 6.92 Å². The van der Waals surface area contributed by atoms with Crippen molar-refractivity contribution in [1.29, 1.82) is 0 Å². The first-order valence-electron chi connectivity index (χ1n) is 7.67. The fourth-order valence-corrected chi connectivity index (χ4v) is 3.00. The number of aryl methyl sites for hydroxylation is 1. The molecule has 0 fully saturated rings. The third kappa shape index (κ3) is 3.57. The molecule has 0 N–H and O–H groups in total. The second-order valence-electron chi connectivity index (χ2n) is 6.30. The van der Waals surface area contributed by atoms with Gasteiger partial charge in [-0.1, -0.05) is 26.7 Å². The van der Waals surface area contributed by atoms with Crippen molar-refractivity contribution in [1.82, 2.24) is 9.55 Å². The quantitative estimate of drug-likeness (QED) is 0.634. The van der Waals surface area contributed by atoms with Gasteiger partial charge >= 0.3 is 0 Å². The summed E-state index contributed by atoms with van der Waals surface area (Å²) in [4.78, 5) is 4.49. The Balaban J connectivity index is 2.34. The van der Waals surface area contributed by atoms with E-state index in [2.05, 4.69) is 30.3 Å². The summed E-state index contributed by atoms with van der Waals surface area (Å²) < 4.78 is 15.9. The van der Waals surface area contributed by atoms with Gasteiger partial charge in [0, 0.05) is 12.1 Å². The minimum Gasteiger partial charge on any atom is -0.324 e. The molecule has 116 valence electrons. The number of benzene rings is 1. The molecule has 21 heavy (non-hydrogen) atoms. The fraction of sp³-hybridized carbons (Fsp3) is 0.588. The van der Waals surface area contributed by atoms with Gasteiger partial charge in [0.1, 0.15) is 11.6 Å². The van der Waals surface area contributed by atoms with Crippen LogP contribution in [0.25, 0.3) is 11.0 Å². The molecule has 0 saturated heterocycles. The minimum atomic E-state index is -0.208. The Morgan fingerprint density at radius 1 is 1.24 bits per heavy atom. The van der Waals surface area contributed by atoms with E-state index in [9.17, 15) is 4.39 Å². The van der Waals surface area contributed by atoms with Gasteiger partial charge in [-0.05, 0) is 37.8 Å². The summed E-state index contributed by atoms with van der Waals surface area (Å²) in [5, 5.41) is 0. The van der Waals surface area contributed by atoms with Crippen molar-refractivity contribution in [3.05, 3.63) is 29.3 Å². The molecule has 0 aliphatic carbocycles. The Bertz CT molecular complexity index is 619. The predicted octanol–water partition coefficient (Wildman–Crippen LogP) is 5.61. The molecule has 1 atom stereocenters. The highest BCUT2D eigenvalue weighted by molar-refractivity contribution is 6.16. The standard InChI is InChI=1S/C17H24ClFN2/c1-11(2)6-5-7-13(4)21-16-8-12(3)14(19)9-15(16)20-17(21)10-18/h8-9,11,13H,5-7,10H2,1-4H3. The first-order valence-corrected chi connectivity index (χ1v) is 8.20. The molecule has 2 aromatic rings. The van der Waals surface area contributed by atoms with E-state index in [0.29, 0.717) is 23.0 Å². The van der Waals surface area contributed by atoms with E-state index in [4.69, 9.17) is 11.6 Å². The van der Waals surface area contributed by atoms with Crippen LogP contribution < -0.4 is 0 Å². The molecule has 1 heterocycles. The number of aromatic nitrogens is 2. The monoisotopic (exact) mass is 310 g/mol. The first kappa shape index (κ1) is 16.3. The van der Waals surface area contributed by atoms with Crippen molar-refractivity contribution in [2.75, 3.05) is 0 Å². The predicted molar refractivity (Wildman–Crippen MR) is 87.4 cm³/mol. The third-order valence-corrected chi connectivity index (χ3v) is 4.25. The van der Waals surface area contributed by atoms with Crippen molar-refractivity contribution in [3.8, 4) is 0 Å². The zero-order valence-electron chi connectivity index (χ0n) is 13.3. The molecule has 2 nitrogen and oxygen atoms in total. The van der Waals surface area contributed by atoms with E-state index in [0.717, 1.165) is 23.7 Å². The smallest absolute Gasteiger partial charge is 0.128 e. The average molecular weight is 311 g/mol. The van der Waals surface area contributed by atoms with Crippen LogP contribution in [0.15, 0.2) is 12.1 Å². The van der Waals surface area contributed by atoms with Crippen LogP contribution in [0.3, 0.4) is 0 Å². The summed E-state index contributed by atoms with van der Waals surface area (Å²) in [5.74, 6) is 1.69. The third-order valence-electron chi connectivity index (χ3n) is 4.01. The van der Waals surface area contributed by atoms with Crippen LogP contribution in [0.1, 0.15) is 57.5 Å². The van der Waals surface area contributed by atoms with Crippen LogP contribution in [0.4, 0.5) is 4.39 Å². The molecule has 0 radical (unpaired) electrons. The highest BCUT2D eigenvalue weighted by Gasteiger charge is 2.16. The van der Waals surface area contributed by atoms with Crippen LogP contribution >= 0.6 is 11.6 Å². The number of hydrogen-bond acceptors (Lipinski definition) is 1. The molecule has 0 amide bonds. The van der Waals surface area contributed by atoms with Gasteiger partial charge in [-0.15, -0.1) is 11.6 Å². The van der Waals surface area contributed by atoms with Crippen LogP contribution in [-0.2, 0) is 5.88 Å². The Morgan fingerprint density at radius 2 is 1.95 bits per heavy atom. The highest BCUT2D eigenvalue weighted by atomic mass is 35.5. The summed E-state index contributed by atoms with van der Waals surface area (Å²) in [7, 11) is 0. The molecule has 4 heteroatoms. The number of hydrogen-bond donors (Lipinski definition) is 0. The van der Waals surface area contributed by atoms with Gasteiger partial charge in [0.2, 0.25) is 0 Å². The maximum Gasteiger partial charge on any atom is 0.128 e. The van der Waals surface area contributed by atoms with Crippen LogP contribution in [-0.4, -0.2) is 9.55 Å². The Hall–Kier alpha value is -1.09. The SMILES string of the molecule is Cc1cc2c(cc1F)nc(CCl)n2C(C)CCCC(C)C. The van der Waals surface area contributed by atoms with Crippen molar-refractivity contribution in [2.24, 2.45) is 5.92 Å². The van der Waals surface area contributed by atoms with Crippen LogP contribution in [0, 0.1) is 18.7 Å². The van der Waals surface area contributed by atoms with Gasteiger partial charge in [-0.2, -0.15) is 0 Å². The molecule has 0 bridgehead atoms. The molecule has 0 spiro atoms. The fourth-order valence-electron chi connectivity index (χ4n) is 2.81. The topological polar surface area (TPSA) is 17.8 Å². The van der Waals surface area contributed by atoms with Gasteiger partial charge in [0.15, 0.2) is 0 Å². The summed E-state index contributed by atoms with van der Waals surface area (Å²) in [6, 6.07) is 3.72. The minimum absolute atomic E-state index is 0.208. The molecule has 2 rings (SSSR count). The van der Waals surface area contributed by atoms with E-state index in [-0.39, 0.29) is 5.82 Å². The maximum absolute atomic E-state index is 13.7. The number of fused-ring (bicyclic) bond motifs is 1. The number of imidazole rings is 1. The van der Waals surface area contributed by atoms with E-state index in [1.807, 2.05) is 6.07 Å². The maximum atomic E-state index is 13.7. The lowest BCUT2D eigenvalue weighted by atomic mass is 10.0. The number of alkyl halides is 1. The molecule has 1 aromatic heterocycles. The molecule has 1 unspecified atom stereocenters. The summed E-state index contributed by atoms with van der Waals surface area (Å²) in [6.45, 7) is 8.47. The van der Waals surface area contributed by atoms with E-state index < -0.39 is 0 Å². The van der Waals surface area contributed by atoms with E-state index in [1.165, 1.54) is 18.9 Å². The zero-order valence-corrected chi connectivity index (χ0v) is 14.0. The lowest BCUT2D eigenvalue weighted by Gasteiger charge is -2.17. The number of rotatable bonds is 6. The summed E-state index contributed by atoms with van der Waals surface area (Å²) in [6.07, 6.45) is 3.49. The first-order chi connectivity index (χ1) is 9.93. The molecule has 1 aromatic carbocycles. The van der Waals surface area contributed by atoms with Crippen molar-refractivity contribution >= 4 is 22.6 Å². The van der Waals surface area contributed by atoms with Crippen molar-refractivity contribution in [2.45, 2.75) is 58.9 Å². The second kappa shape index (κ2) is 6.78. The van der Waals surface area contributed by atoms with Gasteiger partial charge < -0.3 is 4.57 Å². The molecular formula is C17H24ClFN2. The van der Waals surface area contributed by atoms with Gasteiger partial charge in [0.25, 0.3) is 0 Å². The number of nitrogens with zero attached hydrogens (tertiary/aromatic N) is 2. The molecular weight excluding hydrogens is 287 g/mol. The Kier molecular flexibility index (Phi) is 5.26. The normalized spacial score (nSPS) is 13.3. The van der Waals surface area contributed by atoms with Gasteiger partial charge in [0.05, 0.1) is 16.9 Å². The zero-order chi connectivity index (χ0) is 15.6. The van der Waals surface area contributed by atoms with Crippen LogP contribution in [0.2, 0.25) is 0 Å².